The first-order valence-electron chi connectivity index (χ1n) is 6.33. The van der Waals surface area contributed by atoms with Crippen LogP contribution >= 0.6 is 11.6 Å². The van der Waals surface area contributed by atoms with E-state index in [1.165, 1.54) is 0 Å². The fourth-order valence-electron chi connectivity index (χ4n) is 2.10. The third-order valence-corrected chi connectivity index (χ3v) is 3.35. The summed E-state index contributed by atoms with van der Waals surface area (Å²) in [4.78, 5) is 2.13. The zero-order valence-corrected chi connectivity index (χ0v) is 12.1. The molecule has 4 heteroatoms. The molecule has 0 heterocycles. The summed E-state index contributed by atoms with van der Waals surface area (Å²) in [6.07, 6.45) is 0.673. The number of likely N-dealkylation sites (N-methyl/N-ethyl adjacent to an activating group) is 1. The minimum absolute atomic E-state index is 0.246. The van der Waals surface area contributed by atoms with E-state index in [-0.39, 0.29) is 12.1 Å². The summed E-state index contributed by atoms with van der Waals surface area (Å²) in [6, 6.07) is 8.16. The van der Waals surface area contributed by atoms with Gasteiger partial charge in [-0.2, -0.15) is 0 Å². The highest BCUT2D eigenvalue weighted by Crippen LogP contribution is 2.24. The lowest BCUT2D eigenvalue weighted by Gasteiger charge is -2.23. The normalized spacial score (nSPS) is 14.8. The molecule has 102 valence electrons. The second kappa shape index (κ2) is 7.74. The van der Waals surface area contributed by atoms with Gasteiger partial charge in [-0.3, -0.25) is 0 Å². The van der Waals surface area contributed by atoms with E-state index in [0.29, 0.717) is 6.54 Å². The molecule has 0 aliphatic heterocycles. The average molecular weight is 271 g/mol. The van der Waals surface area contributed by atoms with Crippen LogP contribution in [0.3, 0.4) is 0 Å². The largest absolute Gasteiger partial charge is 0.392 e. The molecule has 0 aliphatic rings. The number of benzene rings is 1. The van der Waals surface area contributed by atoms with Gasteiger partial charge in [-0.25, -0.2) is 0 Å². The van der Waals surface area contributed by atoms with Gasteiger partial charge < -0.3 is 15.3 Å². The van der Waals surface area contributed by atoms with E-state index >= 15 is 0 Å². The molecule has 3 nitrogen and oxygen atoms in total. The number of nitrogens with one attached hydrogen (secondary N) is 1. The predicted molar refractivity (Wildman–Crippen MR) is 77.0 cm³/mol. The Morgan fingerprint density at radius 2 is 2.06 bits per heavy atom. The monoisotopic (exact) mass is 270 g/mol. The molecule has 0 aromatic heterocycles. The zero-order chi connectivity index (χ0) is 13.5. The van der Waals surface area contributed by atoms with Gasteiger partial charge in [-0.1, -0.05) is 29.8 Å². The number of rotatable bonds is 7. The Balaban J connectivity index is 2.55. The molecule has 2 N–H and O–H groups in total. The predicted octanol–water partition coefficient (Wildman–Crippen LogP) is 2.30. The molecule has 0 amide bonds. The molecular formula is C14H23ClN2O. The van der Waals surface area contributed by atoms with Gasteiger partial charge in [0.05, 0.1) is 6.10 Å². The van der Waals surface area contributed by atoms with Crippen molar-refractivity contribution in [2.45, 2.75) is 25.5 Å². The van der Waals surface area contributed by atoms with Gasteiger partial charge in [0.15, 0.2) is 0 Å². The highest BCUT2D eigenvalue weighted by Gasteiger charge is 2.13. The maximum absolute atomic E-state index is 9.33. The first-order chi connectivity index (χ1) is 8.54. The number of hydrogen-bond acceptors (Lipinski definition) is 3. The van der Waals surface area contributed by atoms with Crippen LogP contribution in [0.15, 0.2) is 24.3 Å². The highest BCUT2D eigenvalue weighted by atomic mass is 35.5. The molecule has 0 saturated heterocycles. The molecule has 0 radical (unpaired) electrons. The lowest BCUT2D eigenvalue weighted by Crippen LogP contribution is -2.30. The second-order valence-corrected chi connectivity index (χ2v) is 5.17. The molecule has 18 heavy (non-hydrogen) atoms. The van der Waals surface area contributed by atoms with Crippen molar-refractivity contribution in [1.82, 2.24) is 10.2 Å². The number of aliphatic hydroxyl groups excluding tert-OH is 1. The smallest absolute Gasteiger partial charge is 0.0638 e. The van der Waals surface area contributed by atoms with Crippen LogP contribution in [0, 0.1) is 0 Å². The third kappa shape index (κ3) is 4.94. The van der Waals surface area contributed by atoms with E-state index in [0.717, 1.165) is 23.6 Å². The van der Waals surface area contributed by atoms with Gasteiger partial charge in [0.25, 0.3) is 0 Å². The van der Waals surface area contributed by atoms with Crippen molar-refractivity contribution < 1.29 is 5.11 Å². The number of halogens is 1. The Hall–Kier alpha value is -0.610. The van der Waals surface area contributed by atoms with Crippen molar-refractivity contribution in [1.29, 1.82) is 0 Å². The van der Waals surface area contributed by atoms with Crippen LogP contribution in [0.5, 0.6) is 0 Å². The Morgan fingerprint density at radius 3 is 2.61 bits per heavy atom. The van der Waals surface area contributed by atoms with Crippen LogP contribution in [0.25, 0.3) is 0 Å². The van der Waals surface area contributed by atoms with Gasteiger partial charge in [0.1, 0.15) is 0 Å². The molecule has 2 unspecified atom stereocenters. The second-order valence-electron chi connectivity index (χ2n) is 4.76. The maximum atomic E-state index is 9.33. The standard InChI is InChI=1S/C14H23ClN2O/c1-11(18)10-17(3)9-8-14(16-2)12-6-4-5-7-13(12)15/h4-7,11,14,16,18H,8-10H2,1-3H3. The van der Waals surface area contributed by atoms with E-state index in [1.807, 2.05) is 32.3 Å². The van der Waals surface area contributed by atoms with Crippen LogP contribution < -0.4 is 5.32 Å². The molecule has 0 spiro atoms. The fourth-order valence-corrected chi connectivity index (χ4v) is 2.37. The van der Waals surface area contributed by atoms with E-state index in [9.17, 15) is 5.11 Å². The van der Waals surface area contributed by atoms with E-state index in [2.05, 4.69) is 16.3 Å². The summed E-state index contributed by atoms with van der Waals surface area (Å²) < 4.78 is 0. The molecular weight excluding hydrogens is 248 g/mol. The summed E-state index contributed by atoms with van der Waals surface area (Å²) in [6.45, 7) is 3.42. The van der Waals surface area contributed by atoms with E-state index in [4.69, 9.17) is 11.6 Å². The van der Waals surface area contributed by atoms with Crippen LogP contribution in [-0.2, 0) is 0 Å². The summed E-state index contributed by atoms with van der Waals surface area (Å²) in [5, 5.41) is 13.4. The maximum Gasteiger partial charge on any atom is 0.0638 e. The highest BCUT2D eigenvalue weighted by molar-refractivity contribution is 6.31. The first-order valence-corrected chi connectivity index (χ1v) is 6.70. The van der Waals surface area contributed by atoms with Crippen molar-refractivity contribution in [3.63, 3.8) is 0 Å². The molecule has 2 atom stereocenters. The first kappa shape index (κ1) is 15.4. The summed E-state index contributed by atoms with van der Waals surface area (Å²) in [5.41, 5.74) is 1.13. The topological polar surface area (TPSA) is 35.5 Å². The lowest BCUT2D eigenvalue weighted by molar-refractivity contribution is 0.139. The Morgan fingerprint density at radius 1 is 1.39 bits per heavy atom. The van der Waals surface area contributed by atoms with Crippen LogP contribution in [0.2, 0.25) is 5.02 Å². The van der Waals surface area contributed by atoms with Crippen LogP contribution in [0.4, 0.5) is 0 Å². The molecule has 1 rings (SSSR count). The van der Waals surface area contributed by atoms with Crippen molar-refractivity contribution in [3.05, 3.63) is 34.9 Å². The Labute approximate surface area is 115 Å². The van der Waals surface area contributed by atoms with Crippen LogP contribution in [-0.4, -0.2) is 43.3 Å². The van der Waals surface area contributed by atoms with E-state index in [1.54, 1.807) is 6.92 Å². The zero-order valence-electron chi connectivity index (χ0n) is 11.4. The lowest BCUT2D eigenvalue weighted by atomic mass is 10.0. The quantitative estimate of drug-likeness (QED) is 0.798. The van der Waals surface area contributed by atoms with Crippen molar-refractivity contribution >= 4 is 11.6 Å². The number of aliphatic hydroxyl groups is 1. The van der Waals surface area contributed by atoms with Gasteiger partial charge in [-0.05, 0) is 45.6 Å². The summed E-state index contributed by atoms with van der Waals surface area (Å²) in [5.74, 6) is 0. The van der Waals surface area contributed by atoms with Crippen LogP contribution in [0.1, 0.15) is 24.9 Å². The molecule has 1 aromatic carbocycles. The Kier molecular flexibility index (Phi) is 6.65. The van der Waals surface area contributed by atoms with Gasteiger partial charge in [0.2, 0.25) is 0 Å². The van der Waals surface area contributed by atoms with Gasteiger partial charge in [-0.15, -0.1) is 0 Å². The molecule has 0 bridgehead atoms. The molecule has 0 saturated carbocycles. The summed E-state index contributed by atoms with van der Waals surface area (Å²) >= 11 is 6.20. The third-order valence-electron chi connectivity index (χ3n) is 3.00. The Bertz CT molecular complexity index is 357. The molecule has 0 fully saturated rings. The van der Waals surface area contributed by atoms with Crippen molar-refractivity contribution in [3.8, 4) is 0 Å². The average Bonchev–Trinajstić information content (AvgIpc) is 2.31. The van der Waals surface area contributed by atoms with E-state index < -0.39 is 0 Å². The van der Waals surface area contributed by atoms with Crippen molar-refractivity contribution in [2.75, 3.05) is 27.2 Å². The van der Waals surface area contributed by atoms with Gasteiger partial charge >= 0.3 is 0 Å². The minimum atomic E-state index is -0.289. The summed E-state index contributed by atoms with van der Waals surface area (Å²) in [7, 11) is 3.97. The fraction of sp³-hybridized carbons (Fsp3) is 0.571. The number of hydrogen-bond donors (Lipinski definition) is 2. The van der Waals surface area contributed by atoms with Gasteiger partial charge in [0, 0.05) is 17.6 Å². The number of nitrogens with zero attached hydrogens (tertiary/aromatic N) is 1. The molecule has 1 aromatic rings. The molecule has 0 aliphatic carbocycles. The van der Waals surface area contributed by atoms with Crippen molar-refractivity contribution in [2.24, 2.45) is 0 Å². The SMILES string of the molecule is CNC(CCN(C)CC(C)O)c1ccccc1Cl. The minimum Gasteiger partial charge on any atom is -0.392 e.